The molecule has 2 unspecified atom stereocenters. The number of rotatable bonds is 3. The molecule has 0 spiro atoms. The molecule has 2 heterocycles. The molecule has 0 bridgehead atoms. The number of carbonyl (C=O) groups excluding carboxylic acids is 1. The number of carbonyl (C=O) groups is 1. The van der Waals surface area contributed by atoms with Gasteiger partial charge in [0.1, 0.15) is 11.5 Å². The van der Waals surface area contributed by atoms with E-state index in [0.29, 0.717) is 11.7 Å². The van der Waals surface area contributed by atoms with Gasteiger partial charge >= 0.3 is 0 Å². The van der Waals surface area contributed by atoms with Crippen molar-refractivity contribution in [3.63, 3.8) is 0 Å². The first-order valence-electron chi connectivity index (χ1n) is 7.74. The van der Waals surface area contributed by atoms with Crippen molar-refractivity contribution >= 4 is 5.78 Å². The summed E-state index contributed by atoms with van der Waals surface area (Å²) in [5.74, 6) is 2.30. The van der Waals surface area contributed by atoms with Crippen molar-refractivity contribution in [2.45, 2.75) is 32.1 Å². The molecule has 20 heavy (non-hydrogen) atoms. The van der Waals surface area contributed by atoms with Gasteiger partial charge in [-0.2, -0.15) is 0 Å². The number of hydrogen-bond donors (Lipinski definition) is 0. The lowest BCUT2D eigenvalue weighted by molar-refractivity contribution is -0.126. The standard InChI is InChI=1S/C17H23NO2/c1-2-13-11-18(9-7-16(13)19)12-14-8-10-20-17-6-4-3-5-15(14)17/h3-6,13-14H,2,7-12H2,1H3. The monoisotopic (exact) mass is 273 g/mol. The first-order valence-corrected chi connectivity index (χ1v) is 7.74. The summed E-state index contributed by atoms with van der Waals surface area (Å²) >= 11 is 0. The third kappa shape index (κ3) is 2.73. The zero-order chi connectivity index (χ0) is 13.9. The summed E-state index contributed by atoms with van der Waals surface area (Å²) in [4.78, 5) is 14.3. The Kier molecular flexibility index (Phi) is 4.06. The molecular weight excluding hydrogens is 250 g/mol. The van der Waals surface area contributed by atoms with E-state index < -0.39 is 0 Å². The minimum absolute atomic E-state index is 0.249. The topological polar surface area (TPSA) is 29.5 Å². The largest absolute Gasteiger partial charge is 0.493 e. The highest BCUT2D eigenvalue weighted by Crippen LogP contribution is 2.34. The van der Waals surface area contributed by atoms with E-state index in [-0.39, 0.29) is 5.92 Å². The fraction of sp³-hybridized carbons (Fsp3) is 0.588. The predicted octanol–water partition coefficient (Wildman–Crippen LogP) is 2.85. The molecule has 0 saturated carbocycles. The molecule has 1 aromatic carbocycles. The zero-order valence-corrected chi connectivity index (χ0v) is 12.2. The SMILES string of the molecule is CCC1CN(CC2CCOc3ccccc32)CCC1=O. The van der Waals surface area contributed by atoms with E-state index in [9.17, 15) is 4.79 Å². The van der Waals surface area contributed by atoms with E-state index in [4.69, 9.17) is 4.74 Å². The summed E-state index contributed by atoms with van der Waals surface area (Å²) in [5.41, 5.74) is 1.34. The molecule has 3 nitrogen and oxygen atoms in total. The maximum atomic E-state index is 11.8. The molecule has 1 fully saturated rings. The Labute approximate surface area is 120 Å². The molecule has 2 aliphatic heterocycles. The van der Waals surface area contributed by atoms with Crippen LogP contribution in [0.1, 0.15) is 37.7 Å². The van der Waals surface area contributed by atoms with Crippen molar-refractivity contribution in [3.8, 4) is 5.75 Å². The molecule has 1 aromatic rings. The number of piperidine rings is 1. The van der Waals surface area contributed by atoms with Gasteiger partial charge in [-0.1, -0.05) is 25.1 Å². The third-order valence-electron chi connectivity index (χ3n) is 4.66. The van der Waals surface area contributed by atoms with Crippen LogP contribution in [-0.4, -0.2) is 36.9 Å². The summed E-state index contributed by atoms with van der Waals surface area (Å²) < 4.78 is 5.73. The van der Waals surface area contributed by atoms with Crippen LogP contribution in [0.4, 0.5) is 0 Å². The van der Waals surface area contributed by atoms with E-state index in [1.807, 2.05) is 6.07 Å². The lowest BCUT2D eigenvalue weighted by Gasteiger charge is -2.35. The maximum Gasteiger partial charge on any atom is 0.138 e. The summed E-state index contributed by atoms with van der Waals surface area (Å²) in [6, 6.07) is 8.38. The fourth-order valence-electron chi connectivity index (χ4n) is 3.42. The van der Waals surface area contributed by atoms with Gasteiger partial charge in [-0.15, -0.1) is 0 Å². The highest BCUT2D eigenvalue weighted by molar-refractivity contribution is 5.82. The number of ketones is 1. The van der Waals surface area contributed by atoms with E-state index in [1.165, 1.54) is 5.56 Å². The smallest absolute Gasteiger partial charge is 0.138 e. The minimum atomic E-state index is 0.249. The number of para-hydroxylation sites is 1. The third-order valence-corrected chi connectivity index (χ3v) is 4.66. The van der Waals surface area contributed by atoms with E-state index in [2.05, 4.69) is 30.0 Å². The Morgan fingerprint density at radius 2 is 2.15 bits per heavy atom. The summed E-state index contributed by atoms with van der Waals surface area (Å²) in [6.07, 6.45) is 2.78. The second kappa shape index (κ2) is 5.96. The fourth-order valence-corrected chi connectivity index (χ4v) is 3.42. The normalized spacial score (nSPS) is 26.9. The first-order chi connectivity index (χ1) is 9.78. The van der Waals surface area contributed by atoms with Crippen LogP contribution in [0.2, 0.25) is 0 Å². The second-order valence-corrected chi connectivity index (χ2v) is 5.95. The van der Waals surface area contributed by atoms with Crippen molar-refractivity contribution < 1.29 is 9.53 Å². The molecule has 3 rings (SSSR count). The van der Waals surface area contributed by atoms with Gasteiger partial charge in [0.2, 0.25) is 0 Å². The second-order valence-electron chi connectivity index (χ2n) is 5.95. The van der Waals surface area contributed by atoms with Gasteiger partial charge in [-0.25, -0.2) is 0 Å². The molecule has 3 heteroatoms. The van der Waals surface area contributed by atoms with Crippen LogP contribution in [0, 0.1) is 5.92 Å². The van der Waals surface area contributed by atoms with Crippen molar-refractivity contribution in [2.75, 3.05) is 26.2 Å². The van der Waals surface area contributed by atoms with Crippen LogP contribution in [0.5, 0.6) is 5.75 Å². The quantitative estimate of drug-likeness (QED) is 0.848. The molecule has 0 aromatic heterocycles. The van der Waals surface area contributed by atoms with Gasteiger partial charge in [0.25, 0.3) is 0 Å². The van der Waals surface area contributed by atoms with Crippen LogP contribution >= 0.6 is 0 Å². The number of hydrogen-bond acceptors (Lipinski definition) is 3. The van der Waals surface area contributed by atoms with E-state index in [0.717, 1.165) is 51.3 Å². The van der Waals surface area contributed by atoms with Crippen molar-refractivity contribution in [3.05, 3.63) is 29.8 Å². The van der Waals surface area contributed by atoms with Gasteiger partial charge < -0.3 is 9.64 Å². The lowest BCUT2D eigenvalue weighted by atomic mass is 9.89. The highest BCUT2D eigenvalue weighted by atomic mass is 16.5. The summed E-state index contributed by atoms with van der Waals surface area (Å²) in [5, 5.41) is 0. The van der Waals surface area contributed by atoms with Crippen molar-refractivity contribution in [2.24, 2.45) is 5.92 Å². The number of fused-ring (bicyclic) bond motifs is 1. The Hall–Kier alpha value is -1.35. The number of benzene rings is 1. The number of ether oxygens (including phenoxy) is 1. The van der Waals surface area contributed by atoms with Gasteiger partial charge in [-0.05, 0) is 24.5 Å². The Morgan fingerprint density at radius 1 is 1.30 bits per heavy atom. The maximum absolute atomic E-state index is 11.8. The molecule has 0 N–H and O–H groups in total. The van der Waals surface area contributed by atoms with E-state index in [1.54, 1.807) is 0 Å². The van der Waals surface area contributed by atoms with Crippen LogP contribution in [0.15, 0.2) is 24.3 Å². The number of likely N-dealkylation sites (tertiary alicyclic amines) is 1. The number of Topliss-reactive ketones (excluding diaryl/α,β-unsaturated/α-hetero) is 1. The number of nitrogens with zero attached hydrogens (tertiary/aromatic N) is 1. The van der Waals surface area contributed by atoms with Crippen molar-refractivity contribution in [1.82, 2.24) is 4.90 Å². The van der Waals surface area contributed by atoms with Crippen LogP contribution < -0.4 is 4.74 Å². The summed E-state index contributed by atoms with van der Waals surface area (Å²) in [6.45, 7) is 5.86. The zero-order valence-electron chi connectivity index (χ0n) is 12.2. The van der Waals surface area contributed by atoms with Gasteiger partial charge in [0, 0.05) is 37.9 Å². The molecule has 2 atom stereocenters. The molecular formula is C17H23NO2. The highest BCUT2D eigenvalue weighted by Gasteiger charge is 2.29. The molecule has 0 amide bonds. The molecule has 1 saturated heterocycles. The molecule has 0 radical (unpaired) electrons. The van der Waals surface area contributed by atoms with Gasteiger partial charge in [-0.3, -0.25) is 4.79 Å². The van der Waals surface area contributed by atoms with Crippen LogP contribution in [0.3, 0.4) is 0 Å². The molecule has 2 aliphatic rings. The Morgan fingerprint density at radius 3 is 3.00 bits per heavy atom. The first kappa shape index (κ1) is 13.6. The average molecular weight is 273 g/mol. The van der Waals surface area contributed by atoms with Crippen LogP contribution in [-0.2, 0) is 4.79 Å². The van der Waals surface area contributed by atoms with E-state index >= 15 is 0 Å². The predicted molar refractivity (Wildman–Crippen MR) is 79.1 cm³/mol. The van der Waals surface area contributed by atoms with Crippen LogP contribution in [0.25, 0.3) is 0 Å². The summed E-state index contributed by atoms with van der Waals surface area (Å²) in [7, 11) is 0. The Balaban J connectivity index is 1.68. The van der Waals surface area contributed by atoms with Gasteiger partial charge in [0.15, 0.2) is 0 Å². The molecule has 0 aliphatic carbocycles. The van der Waals surface area contributed by atoms with Gasteiger partial charge in [0.05, 0.1) is 6.61 Å². The van der Waals surface area contributed by atoms with Crippen molar-refractivity contribution in [1.29, 1.82) is 0 Å². The minimum Gasteiger partial charge on any atom is -0.493 e. The average Bonchev–Trinajstić information content (AvgIpc) is 2.49. The Bertz CT molecular complexity index is 486. The molecule has 108 valence electrons. The lowest BCUT2D eigenvalue weighted by Crippen LogP contribution is -2.42.